The summed E-state index contributed by atoms with van der Waals surface area (Å²) in [4.78, 5) is 12.5. The summed E-state index contributed by atoms with van der Waals surface area (Å²) in [5.74, 6) is -0.0234. The summed E-state index contributed by atoms with van der Waals surface area (Å²) in [5, 5.41) is 23.4. The van der Waals surface area contributed by atoms with Gasteiger partial charge in [-0.05, 0) is 38.5 Å². The lowest BCUT2D eigenvalue weighted by molar-refractivity contribution is -0.123. The van der Waals surface area contributed by atoms with Crippen LogP contribution in [0.2, 0.25) is 0 Å². The second-order valence-electron chi connectivity index (χ2n) is 21.1. The highest BCUT2D eigenvalue weighted by atomic mass is 16.3. The SMILES string of the molecule is CCCCCCCCCCCCCC/C=C\CCCCCCCCCCCCCCCCCC(=O)NC(CO)C(O)CCCCCCCCCCCCCCCCCCCCCCCC. The average Bonchev–Trinajstić information content (AvgIpc) is 3.31. The van der Waals surface area contributed by atoms with Crippen molar-refractivity contribution >= 4 is 5.91 Å². The third-order valence-corrected chi connectivity index (χ3v) is 14.5. The Labute approximate surface area is 409 Å². The molecule has 0 aliphatic carbocycles. The third kappa shape index (κ3) is 53.9. The van der Waals surface area contributed by atoms with Crippen LogP contribution in [0, 0.1) is 0 Å². The summed E-state index contributed by atoms with van der Waals surface area (Å²) in [6.45, 7) is 4.41. The van der Waals surface area contributed by atoms with Crippen molar-refractivity contribution in [1.29, 1.82) is 0 Å². The minimum atomic E-state index is -0.657. The number of carbonyl (C=O) groups is 1. The van der Waals surface area contributed by atoms with E-state index in [-0.39, 0.29) is 12.5 Å². The Balaban J connectivity index is 3.40. The van der Waals surface area contributed by atoms with E-state index in [2.05, 4.69) is 31.3 Å². The van der Waals surface area contributed by atoms with Crippen LogP contribution in [0.4, 0.5) is 0 Å². The molecule has 0 saturated heterocycles. The Hall–Kier alpha value is -0.870. The number of amides is 1. The molecule has 0 aromatic carbocycles. The molecule has 2 atom stereocenters. The van der Waals surface area contributed by atoms with E-state index in [1.54, 1.807) is 0 Å². The molecule has 0 aromatic heterocycles. The minimum Gasteiger partial charge on any atom is -0.394 e. The molecule has 4 heteroatoms. The van der Waals surface area contributed by atoms with Gasteiger partial charge in [0, 0.05) is 6.42 Å². The second kappa shape index (κ2) is 57.4. The number of aliphatic hydroxyl groups excluding tert-OH is 2. The van der Waals surface area contributed by atoms with Crippen LogP contribution in [0.5, 0.6) is 0 Å². The maximum absolute atomic E-state index is 12.5. The maximum Gasteiger partial charge on any atom is 0.220 e. The zero-order chi connectivity index (χ0) is 47.0. The fourth-order valence-corrected chi connectivity index (χ4v) is 9.89. The van der Waals surface area contributed by atoms with Gasteiger partial charge in [-0.2, -0.15) is 0 Å². The summed E-state index contributed by atoms with van der Waals surface area (Å²) in [6.07, 6.45) is 75.1. The molecule has 65 heavy (non-hydrogen) atoms. The van der Waals surface area contributed by atoms with Crippen molar-refractivity contribution in [3.05, 3.63) is 12.2 Å². The largest absolute Gasteiger partial charge is 0.394 e. The molecule has 0 spiro atoms. The fourth-order valence-electron chi connectivity index (χ4n) is 9.89. The van der Waals surface area contributed by atoms with E-state index in [1.807, 2.05) is 0 Å². The monoisotopic (exact) mass is 916 g/mol. The van der Waals surface area contributed by atoms with E-state index in [9.17, 15) is 15.0 Å². The number of carbonyl (C=O) groups excluding carboxylic acids is 1. The summed E-state index contributed by atoms with van der Waals surface area (Å²) >= 11 is 0. The maximum atomic E-state index is 12.5. The van der Waals surface area contributed by atoms with Crippen LogP contribution in [-0.4, -0.2) is 34.9 Å². The molecule has 0 aliphatic rings. The topological polar surface area (TPSA) is 69.6 Å². The van der Waals surface area contributed by atoms with E-state index in [1.165, 1.54) is 302 Å². The van der Waals surface area contributed by atoms with Crippen LogP contribution in [0.3, 0.4) is 0 Å². The van der Waals surface area contributed by atoms with Crippen LogP contribution in [-0.2, 0) is 4.79 Å². The first-order valence-electron chi connectivity index (χ1n) is 30.4. The molecule has 0 fully saturated rings. The Bertz CT molecular complexity index is 905. The molecule has 2 unspecified atom stereocenters. The number of hydrogen-bond donors (Lipinski definition) is 3. The average molecular weight is 917 g/mol. The lowest BCUT2D eigenvalue weighted by Gasteiger charge is -2.22. The van der Waals surface area contributed by atoms with Gasteiger partial charge in [-0.15, -0.1) is 0 Å². The summed E-state index contributed by atoms with van der Waals surface area (Å²) in [5.41, 5.74) is 0. The standard InChI is InChI=1S/C61H121NO3/c1-3-5-7-9-11-13-15-17-19-21-23-25-27-28-29-30-31-32-33-34-35-37-39-41-43-45-47-49-51-53-55-57-61(65)62-59(58-63)60(64)56-54-52-50-48-46-44-42-40-38-36-26-24-22-20-18-16-14-12-10-8-6-4-2/h28-29,59-60,63-64H,3-27,30-58H2,1-2H3,(H,62,65)/b29-28-. The molecule has 4 nitrogen and oxygen atoms in total. The predicted molar refractivity (Wildman–Crippen MR) is 290 cm³/mol. The first kappa shape index (κ1) is 64.1. The number of allylic oxidation sites excluding steroid dienone is 2. The predicted octanol–water partition coefficient (Wildman–Crippen LogP) is 20.1. The lowest BCUT2D eigenvalue weighted by atomic mass is 10.0. The molecule has 388 valence electrons. The molecule has 3 N–H and O–H groups in total. The van der Waals surface area contributed by atoms with Crippen molar-refractivity contribution in [3.8, 4) is 0 Å². The molecular weight excluding hydrogens is 795 g/mol. The summed E-state index contributed by atoms with van der Waals surface area (Å²) < 4.78 is 0. The Kier molecular flexibility index (Phi) is 56.7. The number of hydrogen-bond acceptors (Lipinski definition) is 3. The first-order valence-corrected chi connectivity index (χ1v) is 30.4. The summed E-state index contributed by atoms with van der Waals surface area (Å²) in [7, 11) is 0. The Morgan fingerprint density at radius 3 is 0.846 bits per heavy atom. The van der Waals surface area contributed by atoms with E-state index in [0.29, 0.717) is 12.8 Å². The fraction of sp³-hybridized carbons (Fsp3) is 0.951. The van der Waals surface area contributed by atoms with Crippen LogP contribution < -0.4 is 5.32 Å². The van der Waals surface area contributed by atoms with E-state index in [0.717, 1.165) is 25.7 Å². The van der Waals surface area contributed by atoms with Crippen LogP contribution in [0.25, 0.3) is 0 Å². The van der Waals surface area contributed by atoms with Gasteiger partial charge < -0.3 is 15.5 Å². The highest BCUT2D eigenvalue weighted by Crippen LogP contribution is 2.18. The van der Waals surface area contributed by atoms with Crippen LogP contribution in [0.1, 0.15) is 354 Å². The number of aliphatic hydroxyl groups is 2. The first-order chi connectivity index (χ1) is 32.2. The van der Waals surface area contributed by atoms with Crippen molar-refractivity contribution in [2.24, 2.45) is 0 Å². The molecule has 0 aromatic rings. The molecule has 0 heterocycles. The normalized spacial score (nSPS) is 12.7. The minimum absolute atomic E-state index is 0.0234. The van der Waals surface area contributed by atoms with Gasteiger partial charge in [0.2, 0.25) is 5.91 Å². The van der Waals surface area contributed by atoms with Crippen LogP contribution >= 0.6 is 0 Å². The molecule has 0 bridgehead atoms. The van der Waals surface area contributed by atoms with Gasteiger partial charge in [-0.1, -0.05) is 321 Å². The van der Waals surface area contributed by atoms with E-state index >= 15 is 0 Å². The second-order valence-corrected chi connectivity index (χ2v) is 21.1. The number of unbranched alkanes of at least 4 members (excludes halogenated alkanes) is 48. The van der Waals surface area contributed by atoms with Crippen LogP contribution in [0.15, 0.2) is 12.2 Å². The molecule has 0 aliphatic heterocycles. The quantitative estimate of drug-likeness (QED) is 0.0421. The lowest BCUT2D eigenvalue weighted by Crippen LogP contribution is -2.45. The smallest absolute Gasteiger partial charge is 0.220 e. The van der Waals surface area contributed by atoms with Gasteiger partial charge in [-0.25, -0.2) is 0 Å². The van der Waals surface area contributed by atoms with Crippen molar-refractivity contribution < 1.29 is 15.0 Å². The Morgan fingerprint density at radius 2 is 0.585 bits per heavy atom. The van der Waals surface area contributed by atoms with Gasteiger partial charge in [-0.3, -0.25) is 4.79 Å². The molecular formula is C61H121NO3. The Morgan fingerprint density at radius 1 is 0.354 bits per heavy atom. The van der Waals surface area contributed by atoms with Crippen molar-refractivity contribution in [2.75, 3.05) is 6.61 Å². The van der Waals surface area contributed by atoms with E-state index < -0.39 is 12.1 Å². The van der Waals surface area contributed by atoms with Gasteiger partial charge in [0.25, 0.3) is 0 Å². The van der Waals surface area contributed by atoms with E-state index in [4.69, 9.17) is 0 Å². The molecule has 1 amide bonds. The third-order valence-electron chi connectivity index (χ3n) is 14.5. The zero-order valence-corrected chi connectivity index (χ0v) is 44.8. The van der Waals surface area contributed by atoms with Crippen molar-refractivity contribution in [2.45, 2.75) is 366 Å². The molecule has 0 rings (SSSR count). The summed E-state index contributed by atoms with van der Waals surface area (Å²) in [6, 6.07) is -0.534. The zero-order valence-electron chi connectivity index (χ0n) is 44.8. The number of rotatable bonds is 57. The van der Waals surface area contributed by atoms with Gasteiger partial charge in [0.05, 0.1) is 18.8 Å². The van der Waals surface area contributed by atoms with Gasteiger partial charge in [0.15, 0.2) is 0 Å². The highest BCUT2D eigenvalue weighted by molar-refractivity contribution is 5.76. The van der Waals surface area contributed by atoms with Crippen molar-refractivity contribution in [3.63, 3.8) is 0 Å². The van der Waals surface area contributed by atoms with Crippen molar-refractivity contribution in [1.82, 2.24) is 5.32 Å². The number of nitrogens with one attached hydrogen (secondary N) is 1. The highest BCUT2D eigenvalue weighted by Gasteiger charge is 2.20. The molecule has 0 radical (unpaired) electrons. The van der Waals surface area contributed by atoms with Gasteiger partial charge >= 0.3 is 0 Å². The molecule has 0 saturated carbocycles. The van der Waals surface area contributed by atoms with Gasteiger partial charge in [0.1, 0.15) is 0 Å².